The topological polar surface area (TPSA) is 69.8 Å². The van der Waals surface area contributed by atoms with Crippen molar-refractivity contribution in [1.82, 2.24) is 15.5 Å². The largest absolute Gasteiger partial charge is 0.321 e. The predicted octanol–water partition coefficient (Wildman–Crippen LogP) is 6.06. The third kappa shape index (κ3) is 4.06. The van der Waals surface area contributed by atoms with E-state index >= 15 is 0 Å². The van der Waals surface area contributed by atoms with Crippen molar-refractivity contribution in [2.75, 3.05) is 11.9 Å². The van der Waals surface area contributed by atoms with Crippen LogP contribution < -0.4 is 10.6 Å². The normalized spacial score (nSPS) is 14.4. The van der Waals surface area contributed by atoms with Crippen LogP contribution in [0.3, 0.4) is 0 Å². The molecular formula is C29H26N4O. The number of anilines is 1. The van der Waals surface area contributed by atoms with Crippen molar-refractivity contribution in [3.63, 3.8) is 0 Å². The van der Waals surface area contributed by atoms with E-state index < -0.39 is 0 Å². The van der Waals surface area contributed by atoms with Gasteiger partial charge in [-0.05, 0) is 82.2 Å². The zero-order valence-electron chi connectivity index (χ0n) is 18.8. The van der Waals surface area contributed by atoms with Gasteiger partial charge < -0.3 is 10.6 Å². The molecule has 0 spiro atoms. The summed E-state index contributed by atoms with van der Waals surface area (Å²) in [7, 11) is 0. The Morgan fingerprint density at radius 2 is 1.71 bits per heavy atom. The van der Waals surface area contributed by atoms with Gasteiger partial charge in [0.2, 0.25) is 0 Å². The third-order valence-corrected chi connectivity index (χ3v) is 6.64. The van der Waals surface area contributed by atoms with Gasteiger partial charge in [0.1, 0.15) is 5.69 Å². The smallest absolute Gasteiger partial charge is 0.273 e. The fraction of sp³-hybridized carbons (Fsp3) is 0.172. The maximum absolute atomic E-state index is 12.6. The molecule has 1 fully saturated rings. The van der Waals surface area contributed by atoms with Crippen LogP contribution in [0.15, 0.2) is 91.1 Å². The number of benzene rings is 4. The lowest BCUT2D eigenvalue weighted by Gasteiger charge is -2.23. The van der Waals surface area contributed by atoms with Gasteiger partial charge in [0, 0.05) is 11.9 Å². The first-order chi connectivity index (χ1) is 16.8. The molecule has 168 valence electrons. The summed E-state index contributed by atoms with van der Waals surface area (Å²) in [6.45, 7) is 0.983. The highest BCUT2D eigenvalue weighted by Gasteiger charge is 2.25. The Morgan fingerprint density at radius 1 is 0.912 bits per heavy atom. The summed E-state index contributed by atoms with van der Waals surface area (Å²) in [5.41, 5.74) is 3.59. The lowest BCUT2D eigenvalue weighted by molar-refractivity contribution is 0.102. The molecule has 34 heavy (non-hydrogen) atoms. The van der Waals surface area contributed by atoms with E-state index in [9.17, 15) is 4.79 Å². The number of amides is 1. The fourth-order valence-electron chi connectivity index (χ4n) is 4.71. The van der Waals surface area contributed by atoms with Crippen LogP contribution in [-0.4, -0.2) is 22.6 Å². The molecule has 5 heteroatoms. The molecule has 1 amide bonds. The number of nitrogens with zero attached hydrogens (tertiary/aromatic N) is 1. The number of carbonyl (C=O) groups is 1. The average Bonchev–Trinajstić information content (AvgIpc) is 3.53. The van der Waals surface area contributed by atoms with Gasteiger partial charge in [-0.3, -0.25) is 9.89 Å². The van der Waals surface area contributed by atoms with Crippen LogP contribution in [0.25, 0.3) is 21.5 Å². The third-order valence-electron chi connectivity index (χ3n) is 6.64. The maximum Gasteiger partial charge on any atom is 0.273 e. The Kier molecular flexibility index (Phi) is 5.32. The molecule has 0 bridgehead atoms. The molecule has 4 aromatic carbocycles. The van der Waals surface area contributed by atoms with E-state index in [0.29, 0.717) is 5.69 Å². The standard InChI is InChI=1S/C29H26N4O/c34-29(27-14-15-31-33-27)32-22-8-5-7-21(16-22)28(30-18-19-12-13-19)26-17-20-6-1-2-9-23(20)24-10-3-4-11-25(24)26/h1-11,14-17,19,28,30H,12-13,18H2,(H,31,33)(H,32,34). The SMILES string of the molecule is O=C(Nc1cccc(C(NCC2CC2)c2cc3ccccc3c3ccccc23)c1)c1ccn[nH]1. The van der Waals surface area contributed by atoms with Crippen molar-refractivity contribution in [3.8, 4) is 0 Å². The van der Waals surface area contributed by atoms with Gasteiger partial charge in [0.15, 0.2) is 0 Å². The molecular weight excluding hydrogens is 420 g/mol. The highest BCUT2D eigenvalue weighted by molar-refractivity contribution is 6.09. The Morgan fingerprint density at radius 3 is 2.50 bits per heavy atom. The minimum atomic E-state index is -0.201. The molecule has 1 aliphatic rings. The second-order valence-electron chi connectivity index (χ2n) is 9.07. The van der Waals surface area contributed by atoms with Crippen LogP contribution in [0, 0.1) is 5.92 Å². The summed E-state index contributed by atoms with van der Waals surface area (Å²) < 4.78 is 0. The monoisotopic (exact) mass is 446 g/mol. The van der Waals surface area contributed by atoms with Crippen LogP contribution in [0.2, 0.25) is 0 Å². The first-order valence-electron chi connectivity index (χ1n) is 11.8. The summed E-state index contributed by atoms with van der Waals surface area (Å²) in [6, 6.07) is 29.4. The number of fused-ring (bicyclic) bond motifs is 3. The van der Waals surface area contributed by atoms with Crippen molar-refractivity contribution < 1.29 is 4.79 Å². The van der Waals surface area contributed by atoms with E-state index in [4.69, 9.17) is 0 Å². The lowest BCUT2D eigenvalue weighted by Crippen LogP contribution is -2.25. The molecule has 1 unspecified atom stereocenters. The molecule has 0 saturated heterocycles. The summed E-state index contributed by atoms with van der Waals surface area (Å²) in [5.74, 6) is 0.547. The minimum Gasteiger partial charge on any atom is -0.321 e. The van der Waals surface area contributed by atoms with Crippen molar-refractivity contribution >= 4 is 33.1 Å². The van der Waals surface area contributed by atoms with Gasteiger partial charge in [-0.25, -0.2) is 0 Å². The number of hydrogen-bond acceptors (Lipinski definition) is 3. The van der Waals surface area contributed by atoms with E-state index in [2.05, 4.69) is 87.6 Å². The van der Waals surface area contributed by atoms with Gasteiger partial charge in [0.05, 0.1) is 6.04 Å². The second kappa shape index (κ2) is 8.76. The zero-order valence-corrected chi connectivity index (χ0v) is 18.8. The van der Waals surface area contributed by atoms with E-state index in [1.54, 1.807) is 12.3 Å². The maximum atomic E-state index is 12.6. The lowest BCUT2D eigenvalue weighted by atomic mass is 9.90. The van der Waals surface area contributed by atoms with Gasteiger partial charge >= 0.3 is 0 Å². The Bertz CT molecular complexity index is 1470. The quantitative estimate of drug-likeness (QED) is 0.266. The highest BCUT2D eigenvalue weighted by atomic mass is 16.1. The predicted molar refractivity (Wildman–Crippen MR) is 137 cm³/mol. The van der Waals surface area contributed by atoms with Gasteiger partial charge in [-0.15, -0.1) is 0 Å². The summed E-state index contributed by atoms with van der Waals surface area (Å²) in [5, 5.41) is 18.5. The van der Waals surface area contributed by atoms with Crippen LogP contribution >= 0.6 is 0 Å². The number of hydrogen-bond donors (Lipinski definition) is 3. The molecule has 1 saturated carbocycles. The highest BCUT2D eigenvalue weighted by Crippen LogP contribution is 2.36. The second-order valence-corrected chi connectivity index (χ2v) is 9.07. The Balaban J connectivity index is 1.43. The molecule has 6 rings (SSSR count). The number of carbonyl (C=O) groups excluding carboxylic acids is 1. The number of H-pyrrole nitrogens is 1. The molecule has 5 nitrogen and oxygen atoms in total. The summed E-state index contributed by atoms with van der Waals surface area (Å²) in [6.07, 6.45) is 4.16. The van der Waals surface area contributed by atoms with Crippen molar-refractivity contribution in [2.24, 2.45) is 5.92 Å². The number of rotatable bonds is 7. The molecule has 0 radical (unpaired) electrons. The Labute approximate surface area is 198 Å². The van der Waals surface area contributed by atoms with Gasteiger partial charge in [-0.2, -0.15) is 5.10 Å². The van der Waals surface area contributed by atoms with E-state index in [1.165, 1.54) is 39.9 Å². The molecule has 5 aromatic rings. The van der Waals surface area contributed by atoms with E-state index in [1.807, 2.05) is 12.1 Å². The van der Waals surface area contributed by atoms with Crippen LogP contribution in [0.1, 0.15) is 40.5 Å². The summed E-state index contributed by atoms with van der Waals surface area (Å²) in [4.78, 5) is 12.6. The molecule has 1 aliphatic carbocycles. The molecule has 1 atom stereocenters. The van der Waals surface area contributed by atoms with Crippen molar-refractivity contribution in [3.05, 3.63) is 108 Å². The van der Waals surface area contributed by atoms with Crippen LogP contribution in [0.5, 0.6) is 0 Å². The zero-order chi connectivity index (χ0) is 22.9. The van der Waals surface area contributed by atoms with Crippen LogP contribution in [-0.2, 0) is 0 Å². The summed E-state index contributed by atoms with van der Waals surface area (Å²) >= 11 is 0. The number of nitrogens with one attached hydrogen (secondary N) is 3. The molecule has 3 N–H and O–H groups in total. The fourth-order valence-corrected chi connectivity index (χ4v) is 4.71. The molecule has 1 aromatic heterocycles. The molecule has 0 aliphatic heterocycles. The average molecular weight is 447 g/mol. The van der Waals surface area contributed by atoms with Crippen LogP contribution in [0.4, 0.5) is 5.69 Å². The number of aromatic amines is 1. The number of aromatic nitrogens is 2. The van der Waals surface area contributed by atoms with Gasteiger partial charge in [-0.1, -0.05) is 60.7 Å². The van der Waals surface area contributed by atoms with Crippen molar-refractivity contribution in [2.45, 2.75) is 18.9 Å². The first kappa shape index (κ1) is 20.6. The Hall–Kier alpha value is -3.96. The van der Waals surface area contributed by atoms with E-state index in [0.717, 1.165) is 23.7 Å². The van der Waals surface area contributed by atoms with Crippen molar-refractivity contribution in [1.29, 1.82) is 0 Å². The van der Waals surface area contributed by atoms with E-state index in [-0.39, 0.29) is 11.9 Å². The first-order valence-corrected chi connectivity index (χ1v) is 11.8. The molecule has 1 heterocycles. The minimum absolute atomic E-state index is 0.0131. The van der Waals surface area contributed by atoms with Gasteiger partial charge in [0.25, 0.3) is 5.91 Å².